The molecule has 25 heavy (non-hydrogen) atoms. The third kappa shape index (κ3) is 4.13. The number of hydrogen-bond acceptors (Lipinski definition) is 6. The summed E-state index contributed by atoms with van der Waals surface area (Å²) in [7, 11) is 3.08. The Kier molecular flexibility index (Phi) is 6.44. The summed E-state index contributed by atoms with van der Waals surface area (Å²) in [6, 6.07) is 4.29. The molecule has 1 unspecified atom stereocenters. The quantitative estimate of drug-likeness (QED) is 0.574. The second-order valence-electron chi connectivity index (χ2n) is 5.30. The van der Waals surface area contributed by atoms with Gasteiger partial charge in [0.1, 0.15) is 21.9 Å². The number of nitrogens with zero attached hydrogens (tertiary/aromatic N) is 1. The summed E-state index contributed by atoms with van der Waals surface area (Å²) in [5, 5.41) is 9.40. The zero-order valence-electron chi connectivity index (χ0n) is 14.1. The highest BCUT2D eigenvalue weighted by Crippen LogP contribution is 2.36. The molecule has 6 nitrogen and oxygen atoms in total. The molecule has 1 aromatic carbocycles. The first-order chi connectivity index (χ1) is 11.9. The second kappa shape index (κ2) is 8.35. The Morgan fingerprint density at radius 2 is 2.12 bits per heavy atom. The molecule has 1 atom stereocenters. The zero-order valence-corrected chi connectivity index (χ0v) is 15.8. The number of thiocarbonyl (C=S) groups is 1. The van der Waals surface area contributed by atoms with Crippen LogP contribution in [0.1, 0.15) is 25.3 Å². The van der Waals surface area contributed by atoms with Crippen molar-refractivity contribution >= 4 is 46.3 Å². The lowest BCUT2D eigenvalue weighted by atomic mass is 10.1. The van der Waals surface area contributed by atoms with E-state index < -0.39 is 17.9 Å². The fraction of sp³-hybridized carbons (Fsp3) is 0.353. The van der Waals surface area contributed by atoms with Gasteiger partial charge in [-0.1, -0.05) is 37.3 Å². The number of carbonyl (C=O) groups excluding carboxylic acids is 1. The molecule has 0 aliphatic carbocycles. The molecule has 1 saturated heterocycles. The molecule has 8 heteroatoms. The smallest absolute Gasteiger partial charge is 0.326 e. The van der Waals surface area contributed by atoms with Crippen LogP contribution in [0.5, 0.6) is 11.5 Å². The maximum atomic E-state index is 12.7. The molecule has 1 N–H and O–H groups in total. The molecule has 0 radical (unpaired) electrons. The van der Waals surface area contributed by atoms with Gasteiger partial charge in [-0.05, 0) is 24.6 Å². The standard InChI is InChI=1S/C17H19NO5S2/c1-4-5-12(16(20)21)18-15(19)14(25-17(18)24)8-10-6-7-11(22-2)9-13(10)23-3/h6-9,12H,4-5H2,1-3H3,(H,20,21)/b14-8-. The van der Waals surface area contributed by atoms with Crippen molar-refractivity contribution in [1.82, 2.24) is 4.90 Å². The number of benzene rings is 1. The predicted octanol–water partition coefficient (Wildman–Crippen LogP) is 3.16. The molecule has 1 aliphatic heterocycles. The molecule has 0 bridgehead atoms. The van der Waals surface area contributed by atoms with E-state index in [-0.39, 0.29) is 4.32 Å². The Hall–Kier alpha value is -2.06. The maximum Gasteiger partial charge on any atom is 0.326 e. The van der Waals surface area contributed by atoms with Gasteiger partial charge in [0.2, 0.25) is 0 Å². The topological polar surface area (TPSA) is 76.1 Å². The maximum absolute atomic E-state index is 12.7. The fourth-order valence-corrected chi connectivity index (χ4v) is 3.81. The van der Waals surface area contributed by atoms with Gasteiger partial charge in [-0.15, -0.1) is 0 Å². The number of methoxy groups -OCH3 is 2. The first kappa shape index (κ1) is 19.3. The summed E-state index contributed by atoms with van der Waals surface area (Å²) in [6.07, 6.45) is 2.64. The van der Waals surface area contributed by atoms with Crippen LogP contribution in [0.3, 0.4) is 0 Å². The Labute approximate surface area is 155 Å². The van der Waals surface area contributed by atoms with Gasteiger partial charge < -0.3 is 14.6 Å². The van der Waals surface area contributed by atoms with Gasteiger partial charge in [-0.2, -0.15) is 0 Å². The summed E-state index contributed by atoms with van der Waals surface area (Å²) in [5.74, 6) is -0.265. The van der Waals surface area contributed by atoms with Crippen LogP contribution in [0.15, 0.2) is 23.1 Å². The van der Waals surface area contributed by atoms with E-state index in [1.165, 1.54) is 12.0 Å². The van der Waals surface area contributed by atoms with E-state index in [0.29, 0.717) is 34.8 Å². The van der Waals surface area contributed by atoms with Crippen molar-refractivity contribution < 1.29 is 24.2 Å². The van der Waals surface area contributed by atoms with Crippen molar-refractivity contribution in [3.05, 3.63) is 28.7 Å². The lowest BCUT2D eigenvalue weighted by Gasteiger charge is -2.22. The van der Waals surface area contributed by atoms with E-state index in [4.69, 9.17) is 21.7 Å². The molecule has 1 fully saturated rings. The van der Waals surface area contributed by atoms with Gasteiger partial charge in [0.15, 0.2) is 0 Å². The number of rotatable bonds is 7. The van der Waals surface area contributed by atoms with Crippen LogP contribution in [0.25, 0.3) is 6.08 Å². The van der Waals surface area contributed by atoms with Crippen LogP contribution < -0.4 is 9.47 Å². The van der Waals surface area contributed by atoms with Crippen molar-refractivity contribution in [3.63, 3.8) is 0 Å². The van der Waals surface area contributed by atoms with E-state index in [1.54, 1.807) is 31.4 Å². The number of carbonyl (C=O) groups is 2. The molecule has 0 aromatic heterocycles. The van der Waals surface area contributed by atoms with Gasteiger partial charge in [0.05, 0.1) is 19.1 Å². The van der Waals surface area contributed by atoms with E-state index >= 15 is 0 Å². The fourth-order valence-electron chi connectivity index (χ4n) is 2.46. The number of carboxylic acid groups (broad SMARTS) is 1. The van der Waals surface area contributed by atoms with Gasteiger partial charge in [-0.25, -0.2) is 4.79 Å². The van der Waals surface area contributed by atoms with Crippen molar-refractivity contribution in [3.8, 4) is 11.5 Å². The average molecular weight is 381 g/mol. The van der Waals surface area contributed by atoms with Gasteiger partial charge in [-0.3, -0.25) is 9.69 Å². The van der Waals surface area contributed by atoms with Crippen molar-refractivity contribution in [2.45, 2.75) is 25.8 Å². The zero-order chi connectivity index (χ0) is 18.6. The third-order valence-electron chi connectivity index (χ3n) is 3.71. The molecule has 1 aliphatic rings. The largest absolute Gasteiger partial charge is 0.497 e. The summed E-state index contributed by atoms with van der Waals surface area (Å²) in [5.41, 5.74) is 0.686. The molecule has 0 saturated carbocycles. The van der Waals surface area contributed by atoms with Crippen molar-refractivity contribution in [2.24, 2.45) is 0 Å². The Bertz CT molecular complexity index is 732. The SMILES string of the molecule is CCCC(C(=O)O)N1C(=O)/C(=C/c2ccc(OC)cc2OC)SC1=S. The van der Waals surface area contributed by atoms with Gasteiger partial charge in [0.25, 0.3) is 5.91 Å². The van der Waals surface area contributed by atoms with E-state index in [0.717, 1.165) is 11.8 Å². The number of aliphatic carboxylic acids is 1. The first-order valence-electron chi connectivity index (χ1n) is 7.64. The van der Waals surface area contributed by atoms with Crippen LogP contribution in [-0.4, -0.2) is 46.5 Å². The lowest BCUT2D eigenvalue weighted by Crippen LogP contribution is -2.43. The minimum absolute atomic E-state index is 0.254. The molecular weight excluding hydrogens is 362 g/mol. The lowest BCUT2D eigenvalue weighted by molar-refractivity contribution is -0.145. The Morgan fingerprint density at radius 3 is 2.68 bits per heavy atom. The third-order valence-corrected chi connectivity index (χ3v) is 5.04. The number of thioether (sulfide) groups is 1. The Balaban J connectivity index is 2.36. The predicted molar refractivity (Wildman–Crippen MR) is 101 cm³/mol. The molecule has 1 amide bonds. The molecular formula is C17H19NO5S2. The van der Waals surface area contributed by atoms with Gasteiger partial charge >= 0.3 is 5.97 Å². The van der Waals surface area contributed by atoms with E-state index in [2.05, 4.69) is 0 Å². The van der Waals surface area contributed by atoms with Gasteiger partial charge in [0, 0.05) is 11.6 Å². The summed E-state index contributed by atoms with van der Waals surface area (Å²) in [4.78, 5) is 25.7. The summed E-state index contributed by atoms with van der Waals surface area (Å²) < 4.78 is 10.7. The highest BCUT2D eigenvalue weighted by Gasteiger charge is 2.40. The molecule has 1 aromatic rings. The van der Waals surface area contributed by atoms with Crippen molar-refractivity contribution in [1.29, 1.82) is 0 Å². The van der Waals surface area contributed by atoms with E-state index in [1.807, 2.05) is 6.92 Å². The van der Waals surface area contributed by atoms with Crippen LogP contribution >= 0.6 is 24.0 Å². The van der Waals surface area contributed by atoms with E-state index in [9.17, 15) is 14.7 Å². The minimum atomic E-state index is -1.05. The van der Waals surface area contributed by atoms with Crippen LogP contribution in [0.2, 0.25) is 0 Å². The van der Waals surface area contributed by atoms with Crippen LogP contribution in [-0.2, 0) is 9.59 Å². The van der Waals surface area contributed by atoms with Crippen LogP contribution in [0, 0.1) is 0 Å². The minimum Gasteiger partial charge on any atom is -0.497 e. The number of hydrogen-bond donors (Lipinski definition) is 1. The molecule has 134 valence electrons. The highest BCUT2D eigenvalue weighted by molar-refractivity contribution is 8.26. The molecule has 2 rings (SSSR count). The molecule has 1 heterocycles. The highest BCUT2D eigenvalue weighted by atomic mass is 32.2. The van der Waals surface area contributed by atoms with Crippen LogP contribution in [0.4, 0.5) is 0 Å². The molecule has 0 spiro atoms. The number of amides is 1. The average Bonchev–Trinajstić information content (AvgIpc) is 2.86. The number of carboxylic acids is 1. The monoisotopic (exact) mass is 381 g/mol. The summed E-state index contributed by atoms with van der Waals surface area (Å²) >= 11 is 6.33. The first-order valence-corrected chi connectivity index (χ1v) is 8.87. The van der Waals surface area contributed by atoms with Crippen molar-refractivity contribution in [2.75, 3.05) is 14.2 Å². The second-order valence-corrected chi connectivity index (χ2v) is 6.98. The Morgan fingerprint density at radius 1 is 1.40 bits per heavy atom. The summed E-state index contributed by atoms with van der Waals surface area (Å²) in [6.45, 7) is 1.87. The number of ether oxygens (including phenoxy) is 2. The normalized spacial score (nSPS) is 17.1.